The van der Waals surface area contributed by atoms with E-state index in [1.165, 1.54) is 0 Å². The highest BCUT2D eigenvalue weighted by Crippen LogP contribution is 2.27. The number of hydrogen-bond donors (Lipinski definition) is 2. The molecule has 0 unspecified atom stereocenters. The van der Waals surface area contributed by atoms with Crippen LogP contribution in [0.15, 0.2) is 18.2 Å². The van der Waals surface area contributed by atoms with Gasteiger partial charge in [-0.15, -0.1) is 0 Å². The third-order valence-electron chi connectivity index (χ3n) is 3.55. The molecule has 1 rings (SSSR count). The standard InChI is InChI=1S/C17H26NO3/c1-3-4-5-12-17(21)18(2)13-7-6-9-14-15(19)10-8-11-16(14)20/h8,10-11,13,19-20H,3-7,9,12H2,1-2H3. The minimum atomic E-state index is 0.124. The zero-order chi connectivity index (χ0) is 15.7. The van der Waals surface area contributed by atoms with Crippen molar-refractivity contribution in [1.82, 2.24) is 4.90 Å². The number of phenolic OH excluding ortho intramolecular Hbond substituents is 2. The molecule has 117 valence electrons. The second kappa shape index (κ2) is 9.27. The van der Waals surface area contributed by atoms with Gasteiger partial charge in [-0.3, -0.25) is 4.79 Å². The molecule has 0 aliphatic rings. The van der Waals surface area contributed by atoms with E-state index in [9.17, 15) is 15.0 Å². The van der Waals surface area contributed by atoms with Gasteiger partial charge in [-0.2, -0.15) is 0 Å². The van der Waals surface area contributed by atoms with E-state index in [4.69, 9.17) is 0 Å². The van der Waals surface area contributed by atoms with E-state index < -0.39 is 0 Å². The van der Waals surface area contributed by atoms with Crippen molar-refractivity contribution in [3.63, 3.8) is 0 Å². The molecule has 1 aromatic carbocycles. The number of nitrogens with zero attached hydrogens (tertiary/aromatic N) is 1. The van der Waals surface area contributed by atoms with Gasteiger partial charge < -0.3 is 15.1 Å². The van der Waals surface area contributed by atoms with Crippen LogP contribution in [0.5, 0.6) is 11.5 Å². The van der Waals surface area contributed by atoms with Crippen molar-refractivity contribution in [3.8, 4) is 11.5 Å². The normalized spacial score (nSPS) is 10.6. The lowest BCUT2D eigenvalue weighted by atomic mass is 10.1. The summed E-state index contributed by atoms with van der Waals surface area (Å²) < 4.78 is 0. The predicted octanol–water partition coefficient (Wildman–Crippen LogP) is 3.62. The first-order chi connectivity index (χ1) is 10.1. The Morgan fingerprint density at radius 2 is 1.86 bits per heavy atom. The molecule has 0 saturated heterocycles. The predicted molar refractivity (Wildman–Crippen MR) is 83.9 cm³/mol. The maximum Gasteiger partial charge on any atom is 0.222 e. The van der Waals surface area contributed by atoms with Crippen molar-refractivity contribution < 1.29 is 15.0 Å². The number of amides is 1. The van der Waals surface area contributed by atoms with Gasteiger partial charge in [0, 0.05) is 19.0 Å². The van der Waals surface area contributed by atoms with Gasteiger partial charge in [-0.05, 0) is 37.8 Å². The molecule has 2 N–H and O–H groups in total. The van der Waals surface area contributed by atoms with Gasteiger partial charge in [0.15, 0.2) is 0 Å². The molecule has 1 aromatic rings. The monoisotopic (exact) mass is 292 g/mol. The number of benzene rings is 1. The molecule has 0 aliphatic heterocycles. The number of phenols is 2. The Morgan fingerprint density at radius 1 is 1.19 bits per heavy atom. The van der Waals surface area contributed by atoms with Crippen molar-refractivity contribution >= 4 is 5.91 Å². The molecule has 1 radical (unpaired) electrons. The van der Waals surface area contributed by atoms with Crippen LogP contribution in [-0.2, 0) is 11.2 Å². The van der Waals surface area contributed by atoms with Crippen LogP contribution in [0.25, 0.3) is 0 Å². The summed E-state index contributed by atoms with van der Waals surface area (Å²) in [6.45, 7) is 4.00. The minimum absolute atomic E-state index is 0.124. The van der Waals surface area contributed by atoms with E-state index >= 15 is 0 Å². The summed E-state index contributed by atoms with van der Waals surface area (Å²) in [7, 11) is 1.78. The molecule has 0 bridgehead atoms. The molecular formula is C17H26NO3. The van der Waals surface area contributed by atoms with Crippen LogP contribution in [0, 0.1) is 6.54 Å². The molecule has 4 heteroatoms. The van der Waals surface area contributed by atoms with E-state index in [1.54, 1.807) is 30.1 Å². The second-order valence-electron chi connectivity index (χ2n) is 5.31. The number of unbranched alkanes of at least 4 members (excludes halogenated alkanes) is 3. The van der Waals surface area contributed by atoms with Crippen molar-refractivity contribution in [2.24, 2.45) is 0 Å². The van der Waals surface area contributed by atoms with Gasteiger partial charge >= 0.3 is 0 Å². The topological polar surface area (TPSA) is 60.8 Å². The van der Waals surface area contributed by atoms with Crippen LogP contribution in [0.1, 0.15) is 51.0 Å². The van der Waals surface area contributed by atoms with Crippen molar-refractivity contribution in [1.29, 1.82) is 0 Å². The number of rotatable bonds is 9. The van der Waals surface area contributed by atoms with Gasteiger partial charge in [0.1, 0.15) is 11.5 Å². The Bertz CT molecular complexity index is 425. The van der Waals surface area contributed by atoms with Crippen LogP contribution in [0.4, 0.5) is 0 Å². The molecule has 1 amide bonds. The molecule has 0 aliphatic carbocycles. The third-order valence-corrected chi connectivity index (χ3v) is 3.55. The summed E-state index contributed by atoms with van der Waals surface area (Å²) in [5.41, 5.74) is 0.572. The van der Waals surface area contributed by atoms with Crippen LogP contribution >= 0.6 is 0 Å². The largest absolute Gasteiger partial charge is 0.508 e. The maximum absolute atomic E-state index is 11.8. The van der Waals surface area contributed by atoms with Crippen molar-refractivity contribution in [2.45, 2.75) is 51.9 Å². The molecule has 21 heavy (non-hydrogen) atoms. The van der Waals surface area contributed by atoms with Crippen molar-refractivity contribution in [3.05, 3.63) is 30.3 Å². The average molecular weight is 292 g/mol. The van der Waals surface area contributed by atoms with Gasteiger partial charge in [0.05, 0.1) is 6.54 Å². The quantitative estimate of drug-likeness (QED) is 0.683. The molecule has 0 saturated carbocycles. The summed E-state index contributed by atoms with van der Waals surface area (Å²) in [4.78, 5) is 13.5. The van der Waals surface area contributed by atoms with Gasteiger partial charge in [-0.25, -0.2) is 0 Å². The number of aromatic hydroxyl groups is 2. The van der Waals surface area contributed by atoms with Crippen LogP contribution in [-0.4, -0.2) is 28.1 Å². The van der Waals surface area contributed by atoms with E-state index in [2.05, 4.69) is 6.92 Å². The number of hydrogen-bond acceptors (Lipinski definition) is 3. The van der Waals surface area contributed by atoms with E-state index in [0.29, 0.717) is 18.4 Å². The molecule has 4 nitrogen and oxygen atoms in total. The Balaban J connectivity index is 2.26. The lowest BCUT2D eigenvalue weighted by molar-refractivity contribution is -0.128. The molecule has 0 fully saturated rings. The molecule has 0 atom stereocenters. The van der Waals surface area contributed by atoms with Crippen LogP contribution in [0.2, 0.25) is 0 Å². The maximum atomic E-state index is 11.8. The molecule has 0 aromatic heterocycles. The summed E-state index contributed by atoms with van der Waals surface area (Å²) in [6.07, 6.45) is 5.85. The second-order valence-corrected chi connectivity index (χ2v) is 5.31. The lowest BCUT2D eigenvalue weighted by Crippen LogP contribution is -2.23. The van der Waals surface area contributed by atoms with Gasteiger partial charge in [-0.1, -0.05) is 25.8 Å². The SMILES string of the molecule is CCCCCC(=O)N(C)[CH]CCCc1c(O)cccc1O. The summed E-state index contributed by atoms with van der Waals surface area (Å²) in [5.74, 6) is 0.395. The Kier molecular flexibility index (Phi) is 7.65. The van der Waals surface area contributed by atoms with Gasteiger partial charge in [0.2, 0.25) is 5.91 Å². The first-order valence-corrected chi connectivity index (χ1v) is 7.65. The minimum Gasteiger partial charge on any atom is -0.508 e. The Hall–Kier alpha value is -1.71. The smallest absolute Gasteiger partial charge is 0.222 e. The fourth-order valence-electron chi connectivity index (χ4n) is 2.19. The Labute approximate surface area is 127 Å². The third kappa shape index (κ3) is 6.06. The summed E-state index contributed by atoms with van der Waals surface area (Å²) in [6, 6.07) is 4.76. The lowest BCUT2D eigenvalue weighted by Gasteiger charge is -2.16. The van der Waals surface area contributed by atoms with Crippen LogP contribution < -0.4 is 0 Å². The highest BCUT2D eigenvalue weighted by molar-refractivity contribution is 5.76. The first-order valence-electron chi connectivity index (χ1n) is 7.65. The van der Waals surface area contributed by atoms with E-state index in [1.807, 2.05) is 6.54 Å². The zero-order valence-corrected chi connectivity index (χ0v) is 13.0. The molecular weight excluding hydrogens is 266 g/mol. The summed E-state index contributed by atoms with van der Waals surface area (Å²) >= 11 is 0. The fraction of sp³-hybridized carbons (Fsp3) is 0.529. The molecule has 0 heterocycles. The van der Waals surface area contributed by atoms with Gasteiger partial charge in [0.25, 0.3) is 0 Å². The summed E-state index contributed by atoms with van der Waals surface area (Å²) in [5, 5.41) is 19.3. The van der Waals surface area contributed by atoms with E-state index in [0.717, 1.165) is 32.1 Å². The average Bonchev–Trinajstić information content (AvgIpc) is 2.45. The highest BCUT2D eigenvalue weighted by atomic mass is 16.3. The zero-order valence-electron chi connectivity index (χ0n) is 13.0. The number of carbonyl (C=O) groups is 1. The fourth-order valence-corrected chi connectivity index (χ4v) is 2.19. The molecule has 0 spiro atoms. The first kappa shape index (κ1) is 17.3. The van der Waals surface area contributed by atoms with E-state index in [-0.39, 0.29) is 17.4 Å². The van der Waals surface area contributed by atoms with Crippen LogP contribution in [0.3, 0.4) is 0 Å². The highest BCUT2D eigenvalue weighted by Gasteiger charge is 2.09. The number of carbonyl (C=O) groups excluding carboxylic acids is 1. The Morgan fingerprint density at radius 3 is 2.48 bits per heavy atom. The van der Waals surface area contributed by atoms with Crippen molar-refractivity contribution in [2.75, 3.05) is 7.05 Å².